The number of pyridine rings is 1. The van der Waals surface area contributed by atoms with Gasteiger partial charge in [0.05, 0.1) is 10.3 Å². The van der Waals surface area contributed by atoms with Gasteiger partial charge in [0.1, 0.15) is 4.90 Å². The number of hydrogen-bond acceptors (Lipinski definition) is 5. The van der Waals surface area contributed by atoms with Crippen LogP contribution in [0.15, 0.2) is 28.3 Å². The highest BCUT2D eigenvalue weighted by molar-refractivity contribution is 8.00. The number of thioether (sulfide) groups is 1. The van der Waals surface area contributed by atoms with E-state index >= 15 is 0 Å². The van der Waals surface area contributed by atoms with Crippen LogP contribution in [0.3, 0.4) is 0 Å². The van der Waals surface area contributed by atoms with Gasteiger partial charge in [0.25, 0.3) is 0 Å². The molecule has 8 heteroatoms. The van der Waals surface area contributed by atoms with Crippen molar-refractivity contribution in [1.29, 1.82) is 0 Å². The van der Waals surface area contributed by atoms with Gasteiger partial charge in [-0.2, -0.15) is 4.31 Å². The highest BCUT2D eigenvalue weighted by Gasteiger charge is 2.51. The maximum atomic E-state index is 13.0. The number of carbonyl (C=O) groups is 1. The Kier molecular flexibility index (Phi) is 5.39. The Balaban J connectivity index is 1.21. The zero-order valence-corrected chi connectivity index (χ0v) is 19.2. The van der Waals surface area contributed by atoms with Gasteiger partial charge in [-0.15, -0.1) is 0 Å². The van der Waals surface area contributed by atoms with Gasteiger partial charge in [-0.1, -0.05) is 11.8 Å². The van der Waals surface area contributed by atoms with E-state index in [1.165, 1.54) is 41.5 Å². The van der Waals surface area contributed by atoms with Crippen LogP contribution in [0.2, 0.25) is 0 Å². The minimum Gasteiger partial charge on any atom is -0.350 e. The summed E-state index contributed by atoms with van der Waals surface area (Å²) in [6, 6.07) is 3.34. The SMILES string of the molecule is CC(Sc1ccc(S(=O)(=O)N2CCCC2)cn1)C(=O)NC12CC3CC(CC(C3)C1)C2. The summed E-state index contributed by atoms with van der Waals surface area (Å²) in [5, 5.41) is 3.85. The van der Waals surface area contributed by atoms with Gasteiger partial charge in [-0.3, -0.25) is 4.79 Å². The average molecular weight is 450 g/mol. The Morgan fingerprint density at radius 1 is 1.13 bits per heavy atom. The van der Waals surface area contributed by atoms with Crippen molar-refractivity contribution in [2.24, 2.45) is 17.8 Å². The smallest absolute Gasteiger partial charge is 0.244 e. The van der Waals surface area contributed by atoms with Crippen molar-refractivity contribution in [3.8, 4) is 0 Å². The average Bonchev–Trinajstić information content (AvgIpc) is 3.22. The van der Waals surface area contributed by atoms with Crippen LogP contribution in [0, 0.1) is 17.8 Å². The Hall–Kier alpha value is -1.12. The normalized spacial score (nSPS) is 34.2. The molecule has 1 saturated heterocycles. The largest absolute Gasteiger partial charge is 0.350 e. The minimum absolute atomic E-state index is 0.0156. The molecule has 1 aromatic rings. The zero-order chi connectivity index (χ0) is 20.9. The molecule has 0 aromatic carbocycles. The molecule has 4 aliphatic carbocycles. The number of amides is 1. The molecular formula is C22H31N3O3S2. The number of carbonyl (C=O) groups excluding carboxylic acids is 1. The van der Waals surface area contributed by atoms with Gasteiger partial charge in [0, 0.05) is 24.8 Å². The lowest BCUT2D eigenvalue weighted by Crippen LogP contribution is -2.60. The number of sulfonamides is 1. The summed E-state index contributed by atoms with van der Waals surface area (Å²) < 4.78 is 26.8. The number of nitrogens with zero attached hydrogens (tertiary/aromatic N) is 2. The van der Waals surface area contributed by atoms with Gasteiger partial charge in [0.2, 0.25) is 15.9 Å². The van der Waals surface area contributed by atoms with Crippen LogP contribution in [-0.2, 0) is 14.8 Å². The first-order valence-corrected chi connectivity index (χ1v) is 13.6. The Labute approximate surface area is 183 Å². The van der Waals surface area contributed by atoms with Crippen molar-refractivity contribution < 1.29 is 13.2 Å². The van der Waals surface area contributed by atoms with E-state index in [0.29, 0.717) is 18.1 Å². The number of aromatic nitrogens is 1. The van der Waals surface area contributed by atoms with E-state index < -0.39 is 10.0 Å². The Morgan fingerprint density at radius 3 is 2.27 bits per heavy atom. The maximum Gasteiger partial charge on any atom is 0.244 e. The molecule has 30 heavy (non-hydrogen) atoms. The van der Waals surface area contributed by atoms with Crippen LogP contribution in [0.4, 0.5) is 0 Å². The van der Waals surface area contributed by atoms with Crippen LogP contribution in [0.1, 0.15) is 58.3 Å². The summed E-state index contributed by atoms with van der Waals surface area (Å²) in [7, 11) is -3.45. The second-order valence-corrected chi connectivity index (χ2v) is 13.2. The fraction of sp³-hybridized carbons (Fsp3) is 0.727. The molecule has 1 aromatic heterocycles. The lowest BCUT2D eigenvalue weighted by molar-refractivity contribution is -0.126. The third kappa shape index (κ3) is 3.91. The van der Waals surface area contributed by atoms with E-state index in [1.54, 1.807) is 12.1 Å². The molecule has 6 nitrogen and oxygen atoms in total. The summed E-state index contributed by atoms with van der Waals surface area (Å²) in [5.41, 5.74) is 0.0156. The zero-order valence-electron chi connectivity index (χ0n) is 17.5. The Bertz CT molecular complexity index is 875. The predicted molar refractivity (Wildman–Crippen MR) is 117 cm³/mol. The van der Waals surface area contributed by atoms with E-state index in [9.17, 15) is 13.2 Å². The summed E-state index contributed by atoms with van der Waals surface area (Å²) in [4.78, 5) is 17.5. The van der Waals surface area contributed by atoms with Crippen molar-refractivity contribution in [1.82, 2.24) is 14.6 Å². The molecule has 4 saturated carbocycles. The molecule has 5 fully saturated rings. The summed E-state index contributed by atoms with van der Waals surface area (Å²) in [5.74, 6) is 2.47. The molecule has 0 spiro atoms. The fourth-order valence-electron chi connectivity index (χ4n) is 6.53. The molecule has 0 radical (unpaired) electrons. The van der Waals surface area contributed by atoms with Crippen LogP contribution >= 0.6 is 11.8 Å². The number of nitrogens with one attached hydrogen (secondary N) is 1. The Morgan fingerprint density at radius 2 is 1.73 bits per heavy atom. The van der Waals surface area contributed by atoms with Gasteiger partial charge < -0.3 is 5.32 Å². The lowest BCUT2D eigenvalue weighted by atomic mass is 9.53. The molecule has 6 rings (SSSR count). The topological polar surface area (TPSA) is 79.4 Å². The monoisotopic (exact) mass is 449 g/mol. The van der Waals surface area contributed by atoms with Gasteiger partial charge >= 0.3 is 0 Å². The van der Waals surface area contributed by atoms with E-state index in [2.05, 4.69) is 10.3 Å². The van der Waals surface area contributed by atoms with Crippen molar-refractivity contribution in [3.05, 3.63) is 18.3 Å². The minimum atomic E-state index is -3.45. The molecule has 4 bridgehead atoms. The van der Waals surface area contributed by atoms with Gasteiger partial charge in [0.15, 0.2) is 0 Å². The second-order valence-electron chi connectivity index (χ2n) is 9.89. The van der Waals surface area contributed by atoms with Crippen LogP contribution in [0.5, 0.6) is 0 Å². The molecule has 5 aliphatic rings. The second kappa shape index (κ2) is 7.78. The van der Waals surface area contributed by atoms with Crippen molar-refractivity contribution in [2.45, 2.75) is 79.0 Å². The van der Waals surface area contributed by atoms with Crippen LogP contribution < -0.4 is 5.32 Å². The van der Waals surface area contributed by atoms with Crippen molar-refractivity contribution >= 4 is 27.7 Å². The predicted octanol–water partition coefficient (Wildman–Crippen LogP) is 3.43. The number of hydrogen-bond donors (Lipinski definition) is 1. The third-order valence-electron chi connectivity index (χ3n) is 7.51. The fourth-order valence-corrected chi connectivity index (χ4v) is 8.78. The molecule has 164 valence electrons. The standard InChI is InChI=1S/C22H31N3O3S2/c1-15(21(26)24-22-11-16-8-17(12-22)10-18(9-16)13-22)29-20-5-4-19(14-23-20)30(27,28)25-6-2-3-7-25/h4-5,14-18H,2-3,6-13H2,1H3,(H,24,26). The van der Waals surface area contributed by atoms with E-state index in [-0.39, 0.29) is 21.6 Å². The highest BCUT2D eigenvalue weighted by Crippen LogP contribution is 2.55. The van der Waals surface area contributed by atoms with Crippen LogP contribution in [-0.4, -0.2) is 47.5 Å². The highest BCUT2D eigenvalue weighted by atomic mass is 32.2. The molecule has 1 unspecified atom stereocenters. The first-order chi connectivity index (χ1) is 14.3. The maximum absolute atomic E-state index is 13.0. The van der Waals surface area contributed by atoms with E-state index in [0.717, 1.165) is 49.9 Å². The summed E-state index contributed by atoms with van der Waals surface area (Å²) >= 11 is 1.40. The molecule has 1 aliphatic heterocycles. The first kappa shape index (κ1) is 20.8. The number of rotatable bonds is 6. The molecule has 1 atom stereocenters. The van der Waals surface area contributed by atoms with Crippen molar-refractivity contribution in [3.63, 3.8) is 0 Å². The van der Waals surface area contributed by atoms with Crippen molar-refractivity contribution in [2.75, 3.05) is 13.1 Å². The summed E-state index contributed by atoms with van der Waals surface area (Å²) in [6.07, 6.45) is 10.8. The molecule has 1 amide bonds. The molecular weight excluding hydrogens is 418 g/mol. The van der Waals surface area contributed by atoms with E-state index in [1.807, 2.05) is 6.92 Å². The first-order valence-electron chi connectivity index (χ1n) is 11.3. The van der Waals surface area contributed by atoms with E-state index in [4.69, 9.17) is 0 Å². The summed E-state index contributed by atoms with van der Waals surface area (Å²) in [6.45, 7) is 3.08. The lowest BCUT2D eigenvalue weighted by Gasteiger charge is -2.57. The molecule has 1 N–H and O–H groups in total. The van der Waals surface area contributed by atoms with Gasteiger partial charge in [-0.05, 0) is 88.2 Å². The van der Waals surface area contributed by atoms with Gasteiger partial charge in [-0.25, -0.2) is 13.4 Å². The third-order valence-corrected chi connectivity index (χ3v) is 10.4. The molecule has 2 heterocycles. The van der Waals surface area contributed by atoms with Crippen LogP contribution in [0.25, 0.3) is 0 Å². The quantitative estimate of drug-likeness (QED) is 0.673.